The molecule has 2 aromatic carbocycles. The summed E-state index contributed by atoms with van der Waals surface area (Å²) in [5.41, 5.74) is 0.813. The van der Waals surface area contributed by atoms with Gasteiger partial charge in [0, 0.05) is 10.7 Å². The number of phenolic OH excluding ortho intramolecular Hbond substituents is 1. The van der Waals surface area contributed by atoms with Gasteiger partial charge in [-0.25, -0.2) is 4.79 Å². The summed E-state index contributed by atoms with van der Waals surface area (Å²) in [6.07, 6.45) is -0.709. The first-order valence-corrected chi connectivity index (χ1v) is 8.22. The van der Waals surface area contributed by atoms with Gasteiger partial charge in [-0.15, -0.1) is 0 Å². The average molecular weight is 414 g/mol. The second-order valence-corrected chi connectivity index (χ2v) is 6.13. The Morgan fingerprint density at radius 1 is 1.12 bits per heavy atom. The van der Waals surface area contributed by atoms with Crippen LogP contribution in [0.4, 0.5) is 16.2 Å². The minimum atomic E-state index is -0.709. The molecule has 2 rings (SSSR count). The standard InChI is InChI=1S/C16H13Cl2N3O4S/c1-25-16(24)21-15(26)19-9-3-4-12(11(18)7-9)20-14(23)10-6-8(17)2-5-13(10)22/h2-7,22H,1H3,(H,20,23)(H2,19,21,24,26). The third kappa shape index (κ3) is 5.22. The van der Waals surface area contributed by atoms with Crippen molar-refractivity contribution in [1.82, 2.24) is 5.32 Å². The number of carbonyl (C=O) groups is 2. The first-order valence-electron chi connectivity index (χ1n) is 7.05. The molecule has 0 aliphatic rings. The van der Waals surface area contributed by atoms with Gasteiger partial charge in [0.15, 0.2) is 5.11 Å². The number of halogens is 2. The zero-order chi connectivity index (χ0) is 19.3. The Bertz CT molecular complexity index is 877. The number of amides is 2. The molecule has 0 saturated carbocycles. The molecule has 2 amide bonds. The fraction of sp³-hybridized carbons (Fsp3) is 0.0625. The molecule has 0 heterocycles. The summed E-state index contributed by atoms with van der Waals surface area (Å²) in [7, 11) is 1.21. The number of benzene rings is 2. The van der Waals surface area contributed by atoms with Crippen LogP contribution in [0, 0.1) is 0 Å². The van der Waals surface area contributed by atoms with Crippen molar-refractivity contribution in [3.63, 3.8) is 0 Å². The summed E-state index contributed by atoms with van der Waals surface area (Å²) < 4.78 is 4.42. The number of thiocarbonyl (C=S) groups is 1. The molecule has 0 aliphatic heterocycles. The highest BCUT2D eigenvalue weighted by Gasteiger charge is 2.14. The number of hydrogen-bond acceptors (Lipinski definition) is 5. The van der Waals surface area contributed by atoms with Crippen molar-refractivity contribution in [2.45, 2.75) is 0 Å². The van der Waals surface area contributed by atoms with Crippen LogP contribution in [0.25, 0.3) is 0 Å². The van der Waals surface area contributed by atoms with E-state index in [4.69, 9.17) is 35.4 Å². The second-order valence-electron chi connectivity index (χ2n) is 4.88. The van der Waals surface area contributed by atoms with Gasteiger partial charge in [-0.05, 0) is 48.6 Å². The van der Waals surface area contributed by atoms with Gasteiger partial charge >= 0.3 is 6.09 Å². The van der Waals surface area contributed by atoms with E-state index in [2.05, 4.69) is 20.7 Å². The summed E-state index contributed by atoms with van der Waals surface area (Å²) in [5, 5.41) is 17.9. The number of carbonyl (C=O) groups excluding carboxylic acids is 2. The maximum atomic E-state index is 12.3. The monoisotopic (exact) mass is 413 g/mol. The van der Waals surface area contributed by atoms with Crippen LogP contribution in [-0.4, -0.2) is 29.3 Å². The molecule has 136 valence electrons. The number of phenols is 1. The van der Waals surface area contributed by atoms with Crippen LogP contribution in [0.5, 0.6) is 5.75 Å². The van der Waals surface area contributed by atoms with Crippen molar-refractivity contribution < 1.29 is 19.4 Å². The average Bonchev–Trinajstić information content (AvgIpc) is 2.59. The minimum absolute atomic E-state index is 0.0132. The minimum Gasteiger partial charge on any atom is -0.507 e. The number of methoxy groups -OCH3 is 1. The molecule has 0 unspecified atom stereocenters. The van der Waals surface area contributed by atoms with Crippen molar-refractivity contribution in [1.29, 1.82) is 0 Å². The SMILES string of the molecule is COC(=O)NC(=S)Nc1ccc(NC(=O)c2cc(Cl)ccc2O)c(Cl)c1. The van der Waals surface area contributed by atoms with Gasteiger partial charge in [-0.1, -0.05) is 23.2 Å². The van der Waals surface area contributed by atoms with Crippen LogP contribution in [0.2, 0.25) is 10.0 Å². The van der Waals surface area contributed by atoms with E-state index in [1.54, 1.807) is 6.07 Å². The molecule has 26 heavy (non-hydrogen) atoms. The lowest BCUT2D eigenvalue weighted by Gasteiger charge is -2.12. The molecule has 0 spiro atoms. The lowest BCUT2D eigenvalue weighted by Crippen LogP contribution is -2.33. The second kappa shape index (κ2) is 8.70. The van der Waals surface area contributed by atoms with Crippen LogP contribution in [-0.2, 0) is 4.74 Å². The number of ether oxygens (including phenoxy) is 1. The van der Waals surface area contributed by atoms with Gasteiger partial charge in [-0.3, -0.25) is 10.1 Å². The smallest absolute Gasteiger partial charge is 0.413 e. The molecule has 10 heteroatoms. The lowest BCUT2D eigenvalue weighted by molar-refractivity contribution is 0.102. The molecular weight excluding hydrogens is 401 g/mol. The largest absolute Gasteiger partial charge is 0.507 e. The topological polar surface area (TPSA) is 99.7 Å². The summed E-state index contributed by atoms with van der Waals surface area (Å²) >= 11 is 16.9. The van der Waals surface area contributed by atoms with E-state index in [0.717, 1.165) is 0 Å². The fourth-order valence-corrected chi connectivity index (χ4v) is 2.48. The van der Waals surface area contributed by atoms with Crippen LogP contribution in [0.3, 0.4) is 0 Å². The van der Waals surface area contributed by atoms with Crippen LogP contribution < -0.4 is 16.0 Å². The third-order valence-corrected chi connectivity index (χ3v) is 3.83. The van der Waals surface area contributed by atoms with Gasteiger partial charge in [0.2, 0.25) is 0 Å². The van der Waals surface area contributed by atoms with E-state index in [0.29, 0.717) is 16.4 Å². The first kappa shape index (κ1) is 19.8. The Morgan fingerprint density at radius 2 is 1.85 bits per heavy atom. The maximum absolute atomic E-state index is 12.3. The first-order chi connectivity index (χ1) is 12.3. The molecule has 0 fully saturated rings. The van der Waals surface area contributed by atoms with Crippen molar-refractivity contribution in [3.05, 3.63) is 52.0 Å². The van der Waals surface area contributed by atoms with Gasteiger partial charge in [0.1, 0.15) is 5.75 Å². The summed E-state index contributed by atoms with van der Waals surface area (Å²) in [5.74, 6) is -0.781. The quantitative estimate of drug-likeness (QED) is 0.567. The molecular formula is C16H13Cl2N3O4S. The Morgan fingerprint density at radius 3 is 2.50 bits per heavy atom. The number of aromatic hydroxyl groups is 1. The van der Waals surface area contributed by atoms with Crippen LogP contribution in [0.15, 0.2) is 36.4 Å². The Balaban J connectivity index is 2.10. The van der Waals surface area contributed by atoms with E-state index in [9.17, 15) is 14.7 Å². The van der Waals surface area contributed by atoms with Crippen molar-refractivity contribution in [2.24, 2.45) is 0 Å². The van der Waals surface area contributed by atoms with Gasteiger partial charge < -0.3 is 20.5 Å². The van der Waals surface area contributed by atoms with Crippen molar-refractivity contribution in [3.8, 4) is 5.75 Å². The molecule has 0 saturated heterocycles. The molecule has 4 N–H and O–H groups in total. The Labute approximate surface area is 164 Å². The molecule has 0 bridgehead atoms. The van der Waals surface area contributed by atoms with Crippen molar-refractivity contribution >= 4 is 63.9 Å². The highest BCUT2D eigenvalue weighted by Crippen LogP contribution is 2.28. The van der Waals surface area contributed by atoms with Gasteiger partial charge in [0.25, 0.3) is 5.91 Å². The maximum Gasteiger partial charge on any atom is 0.413 e. The van der Waals surface area contributed by atoms with Crippen molar-refractivity contribution in [2.75, 3.05) is 17.7 Å². The Hall–Kier alpha value is -2.55. The molecule has 2 aromatic rings. The molecule has 0 radical (unpaired) electrons. The third-order valence-electron chi connectivity index (χ3n) is 3.08. The lowest BCUT2D eigenvalue weighted by atomic mass is 10.2. The fourth-order valence-electron chi connectivity index (χ4n) is 1.88. The summed E-state index contributed by atoms with van der Waals surface area (Å²) in [4.78, 5) is 23.3. The summed E-state index contributed by atoms with van der Waals surface area (Å²) in [6.45, 7) is 0. The predicted octanol–water partition coefficient (Wildman–Crippen LogP) is 4.00. The van der Waals surface area contributed by atoms with Gasteiger partial charge in [-0.2, -0.15) is 0 Å². The molecule has 7 nitrogen and oxygen atoms in total. The number of alkyl carbamates (subject to hydrolysis) is 1. The molecule has 0 atom stereocenters. The Kier molecular flexibility index (Phi) is 6.62. The van der Waals surface area contributed by atoms with E-state index in [-0.39, 0.29) is 21.4 Å². The summed E-state index contributed by atoms with van der Waals surface area (Å²) in [6, 6.07) is 8.75. The number of anilines is 2. The van der Waals surface area contributed by atoms with E-state index in [1.807, 2.05) is 0 Å². The highest BCUT2D eigenvalue weighted by molar-refractivity contribution is 7.80. The van der Waals surface area contributed by atoms with Crippen LogP contribution in [0.1, 0.15) is 10.4 Å². The zero-order valence-corrected chi connectivity index (χ0v) is 15.6. The number of hydrogen-bond donors (Lipinski definition) is 4. The van der Waals surface area contributed by atoms with E-state index < -0.39 is 12.0 Å². The van der Waals surface area contributed by atoms with Crippen LogP contribution >= 0.6 is 35.4 Å². The molecule has 0 aliphatic carbocycles. The zero-order valence-electron chi connectivity index (χ0n) is 13.3. The normalized spacial score (nSPS) is 9.96. The van der Waals surface area contributed by atoms with E-state index in [1.165, 1.54) is 37.4 Å². The predicted molar refractivity (Wildman–Crippen MR) is 104 cm³/mol. The van der Waals surface area contributed by atoms with E-state index >= 15 is 0 Å². The number of rotatable bonds is 3. The number of nitrogens with one attached hydrogen (secondary N) is 3. The highest BCUT2D eigenvalue weighted by atomic mass is 35.5. The molecule has 0 aromatic heterocycles. The van der Waals surface area contributed by atoms with Gasteiger partial charge in [0.05, 0.1) is 23.4 Å².